The standard InChI is InChI=1S/C21H33N2O.C7H8.Y/c1-4-23(15-8-6-5-7-9-16-23)19-13-14-22(21(19)24)20-17(2)11-10-12-18(20)3;1-7-5-3-2-4-6-7;/h10-12,19H,4-9,13-16H2,1-3H3;2-6H,1H3;/q+1;;. The molecule has 0 aliphatic carbocycles. The van der Waals surface area contributed by atoms with Crippen molar-refractivity contribution in [3.8, 4) is 0 Å². The molecule has 2 heterocycles. The average Bonchev–Trinajstić information content (AvgIpc) is 3.11. The molecule has 2 aliphatic rings. The van der Waals surface area contributed by atoms with E-state index in [2.05, 4.69) is 62.9 Å². The summed E-state index contributed by atoms with van der Waals surface area (Å²) in [5.74, 6) is 0.370. The van der Waals surface area contributed by atoms with Crippen LogP contribution in [0.4, 0.5) is 5.69 Å². The Morgan fingerprint density at radius 1 is 0.844 bits per heavy atom. The van der Waals surface area contributed by atoms with Gasteiger partial charge >= 0.3 is 0 Å². The smallest absolute Gasteiger partial charge is 0.285 e. The monoisotopic (exact) mass is 510 g/mol. The van der Waals surface area contributed by atoms with Crippen molar-refractivity contribution in [1.82, 2.24) is 0 Å². The van der Waals surface area contributed by atoms with Crippen LogP contribution in [0.25, 0.3) is 0 Å². The largest absolute Gasteiger partial charge is 0.314 e. The Hall–Kier alpha value is -1.03. The van der Waals surface area contributed by atoms with E-state index in [1.165, 1.54) is 61.9 Å². The number of benzene rings is 2. The number of rotatable bonds is 3. The number of anilines is 1. The summed E-state index contributed by atoms with van der Waals surface area (Å²) < 4.78 is 1.03. The van der Waals surface area contributed by atoms with Crippen molar-refractivity contribution < 1.29 is 42.0 Å². The number of aryl methyl sites for hydroxylation is 3. The maximum absolute atomic E-state index is 13.4. The van der Waals surface area contributed by atoms with Gasteiger partial charge in [-0.25, -0.2) is 0 Å². The molecule has 2 saturated heterocycles. The summed E-state index contributed by atoms with van der Waals surface area (Å²) in [7, 11) is 0. The molecule has 1 radical (unpaired) electrons. The summed E-state index contributed by atoms with van der Waals surface area (Å²) in [5, 5.41) is 0. The number of likely N-dealkylation sites (tertiary alicyclic amines) is 1. The Labute approximate surface area is 221 Å². The molecule has 0 spiro atoms. The minimum atomic E-state index is 0. The number of hydrogen-bond donors (Lipinski definition) is 0. The zero-order valence-corrected chi connectivity index (χ0v) is 23.5. The van der Waals surface area contributed by atoms with E-state index >= 15 is 0 Å². The van der Waals surface area contributed by atoms with Crippen LogP contribution in [0.1, 0.15) is 62.1 Å². The Balaban J connectivity index is 0.000000388. The van der Waals surface area contributed by atoms with E-state index in [4.69, 9.17) is 0 Å². The molecule has 1 unspecified atom stereocenters. The zero-order valence-electron chi connectivity index (χ0n) is 20.6. The molecule has 32 heavy (non-hydrogen) atoms. The number of nitrogens with zero attached hydrogens (tertiary/aromatic N) is 2. The van der Waals surface area contributed by atoms with Gasteiger partial charge in [0.2, 0.25) is 0 Å². The van der Waals surface area contributed by atoms with Gasteiger partial charge in [-0.1, -0.05) is 60.5 Å². The molecule has 2 aromatic carbocycles. The van der Waals surface area contributed by atoms with Crippen LogP contribution >= 0.6 is 0 Å². The Morgan fingerprint density at radius 3 is 1.91 bits per heavy atom. The van der Waals surface area contributed by atoms with Crippen LogP contribution in [0.15, 0.2) is 48.5 Å². The Bertz CT molecular complexity index is 824. The number of carbonyl (C=O) groups is 1. The molecule has 0 aromatic heterocycles. The second-order valence-corrected chi connectivity index (χ2v) is 9.44. The van der Waals surface area contributed by atoms with Gasteiger partial charge in [0, 0.05) is 51.4 Å². The van der Waals surface area contributed by atoms with Gasteiger partial charge in [-0.3, -0.25) is 4.79 Å². The van der Waals surface area contributed by atoms with Gasteiger partial charge < -0.3 is 9.38 Å². The number of likely N-dealkylation sites (N-methyl/N-ethyl adjacent to an activating group) is 1. The van der Waals surface area contributed by atoms with Crippen LogP contribution < -0.4 is 4.90 Å². The molecule has 3 nitrogen and oxygen atoms in total. The molecule has 0 saturated carbocycles. The minimum absolute atomic E-state index is 0. The van der Waals surface area contributed by atoms with E-state index < -0.39 is 0 Å². The van der Waals surface area contributed by atoms with Crippen molar-refractivity contribution in [1.29, 1.82) is 0 Å². The first-order valence-electron chi connectivity index (χ1n) is 12.2. The van der Waals surface area contributed by atoms with Crippen LogP contribution in [0.3, 0.4) is 0 Å². The van der Waals surface area contributed by atoms with E-state index in [1.54, 1.807) is 0 Å². The van der Waals surface area contributed by atoms with Gasteiger partial charge in [0.05, 0.1) is 19.6 Å². The predicted molar refractivity (Wildman–Crippen MR) is 131 cm³/mol. The first-order chi connectivity index (χ1) is 15.0. The van der Waals surface area contributed by atoms with E-state index in [0.29, 0.717) is 5.91 Å². The third kappa shape index (κ3) is 6.52. The third-order valence-corrected chi connectivity index (χ3v) is 7.32. The van der Waals surface area contributed by atoms with Gasteiger partial charge in [-0.15, -0.1) is 0 Å². The van der Waals surface area contributed by atoms with Gasteiger partial charge in [-0.2, -0.15) is 0 Å². The number of amides is 1. The van der Waals surface area contributed by atoms with Crippen molar-refractivity contribution in [2.75, 3.05) is 31.1 Å². The number of quaternary nitrogens is 1. The number of hydrogen-bond acceptors (Lipinski definition) is 1. The van der Waals surface area contributed by atoms with E-state index in [-0.39, 0.29) is 38.8 Å². The van der Waals surface area contributed by atoms with E-state index in [0.717, 1.165) is 29.7 Å². The van der Waals surface area contributed by atoms with Gasteiger partial charge in [0.1, 0.15) is 0 Å². The maximum Gasteiger partial charge on any atom is 0.285 e. The van der Waals surface area contributed by atoms with Crippen LogP contribution in [0.5, 0.6) is 0 Å². The number of carbonyl (C=O) groups excluding carboxylic acids is 1. The van der Waals surface area contributed by atoms with Gasteiger partial charge in [-0.05, 0) is 64.5 Å². The second kappa shape index (κ2) is 13.0. The summed E-state index contributed by atoms with van der Waals surface area (Å²) in [6.07, 6.45) is 7.61. The molecule has 2 aromatic rings. The van der Waals surface area contributed by atoms with Crippen molar-refractivity contribution >= 4 is 11.6 Å². The molecule has 2 fully saturated rings. The SMILES string of the molecule is CC[N+]1(C2CCN(c3c(C)cccc3C)C2=O)CCCCCCC1.Cc1ccccc1.[Y]. The Kier molecular flexibility index (Phi) is 11.1. The Morgan fingerprint density at radius 2 is 1.41 bits per heavy atom. The molecule has 0 bridgehead atoms. The third-order valence-electron chi connectivity index (χ3n) is 7.32. The molecule has 4 rings (SSSR count). The van der Waals surface area contributed by atoms with Crippen molar-refractivity contribution in [2.24, 2.45) is 0 Å². The predicted octanol–water partition coefficient (Wildman–Crippen LogP) is 6.20. The van der Waals surface area contributed by atoms with Gasteiger partial charge in [0.25, 0.3) is 5.91 Å². The summed E-state index contributed by atoms with van der Waals surface area (Å²) in [4.78, 5) is 15.5. The molecule has 1 amide bonds. The number of para-hydroxylation sites is 1. The minimum Gasteiger partial charge on any atom is -0.314 e. The molecular formula is C28H41N2OY+. The van der Waals surface area contributed by atoms with Gasteiger partial charge in [0.15, 0.2) is 6.04 Å². The molecule has 2 aliphatic heterocycles. The fourth-order valence-electron chi connectivity index (χ4n) is 5.50. The van der Waals surface area contributed by atoms with Crippen molar-refractivity contribution in [3.05, 3.63) is 65.2 Å². The van der Waals surface area contributed by atoms with Crippen molar-refractivity contribution in [3.63, 3.8) is 0 Å². The zero-order chi connectivity index (χ0) is 22.3. The fourth-order valence-corrected chi connectivity index (χ4v) is 5.50. The molecular weight excluding hydrogens is 469 g/mol. The average molecular weight is 511 g/mol. The first kappa shape index (κ1) is 27.2. The fraction of sp³-hybridized carbons (Fsp3) is 0.536. The summed E-state index contributed by atoms with van der Waals surface area (Å²) in [6.45, 7) is 13.0. The first-order valence-corrected chi connectivity index (χ1v) is 12.2. The summed E-state index contributed by atoms with van der Waals surface area (Å²) >= 11 is 0. The van der Waals surface area contributed by atoms with Crippen LogP contribution in [-0.4, -0.2) is 42.6 Å². The molecule has 4 heteroatoms. The van der Waals surface area contributed by atoms with E-state index in [1.807, 2.05) is 18.2 Å². The van der Waals surface area contributed by atoms with Crippen LogP contribution in [0, 0.1) is 20.8 Å². The van der Waals surface area contributed by atoms with E-state index in [9.17, 15) is 4.79 Å². The molecule has 0 N–H and O–H groups in total. The van der Waals surface area contributed by atoms with Crippen molar-refractivity contribution in [2.45, 2.75) is 72.3 Å². The topological polar surface area (TPSA) is 20.3 Å². The van der Waals surface area contributed by atoms with Crippen LogP contribution in [-0.2, 0) is 37.5 Å². The molecule has 171 valence electrons. The summed E-state index contributed by atoms with van der Waals surface area (Å²) in [6, 6.07) is 16.8. The summed E-state index contributed by atoms with van der Waals surface area (Å²) in [5.41, 5.74) is 4.92. The normalized spacial score (nSPS) is 20.4. The quantitative estimate of drug-likeness (QED) is 0.450. The molecule has 1 atom stereocenters. The van der Waals surface area contributed by atoms with Crippen LogP contribution in [0.2, 0.25) is 0 Å². The second-order valence-electron chi connectivity index (χ2n) is 9.44. The maximum atomic E-state index is 13.4.